The molecule has 0 aliphatic carbocycles. The van der Waals surface area contributed by atoms with Gasteiger partial charge in [0.25, 0.3) is 0 Å². The first kappa shape index (κ1) is 21.2. The van der Waals surface area contributed by atoms with E-state index in [0.29, 0.717) is 51.7 Å². The van der Waals surface area contributed by atoms with Crippen LogP contribution in [0.3, 0.4) is 0 Å². The van der Waals surface area contributed by atoms with Crippen molar-refractivity contribution in [2.45, 2.75) is 5.60 Å². The predicted molar refractivity (Wildman–Crippen MR) is 123 cm³/mol. The molecule has 0 bridgehead atoms. The van der Waals surface area contributed by atoms with Gasteiger partial charge >= 0.3 is 5.97 Å². The standard InChI is InChI=1S/C24H20N2O6S/c25-7-8-33-12-22(29)26-13-1-4-17-16(9-13)23(30)32-24(17)18-5-2-14(27)10-20(18)31-21-11-15(28)3-6-19(21)24/h1-6,9-11,27-28H,7-8,12,25H2,(H,26,29). The Bertz CT molecular complexity index is 1240. The number of ether oxygens (including phenoxy) is 2. The van der Waals surface area contributed by atoms with Crippen LogP contribution in [-0.4, -0.2) is 40.1 Å². The van der Waals surface area contributed by atoms with Crippen molar-refractivity contribution in [2.75, 3.05) is 23.4 Å². The molecule has 2 aliphatic rings. The Morgan fingerprint density at radius 3 is 2.24 bits per heavy atom. The molecular weight excluding hydrogens is 444 g/mol. The van der Waals surface area contributed by atoms with Gasteiger partial charge in [0.2, 0.25) is 5.91 Å². The van der Waals surface area contributed by atoms with Crippen molar-refractivity contribution in [3.63, 3.8) is 0 Å². The summed E-state index contributed by atoms with van der Waals surface area (Å²) in [5.41, 5.74) is 6.58. The number of benzene rings is 3. The molecule has 8 nitrogen and oxygen atoms in total. The van der Waals surface area contributed by atoms with Gasteiger partial charge in [-0.2, -0.15) is 11.8 Å². The van der Waals surface area contributed by atoms with E-state index in [2.05, 4.69) is 5.32 Å². The summed E-state index contributed by atoms with van der Waals surface area (Å²) in [5.74, 6) is 0.781. The molecule has 0 unspecified atom stereocenters. The highest BCUT2D eigenvalue weighted by atomic mass is 32.2. The molecule has 3 aromatic carbocycles. The second-order valence-corrected chi connectivity index (χ2v) is 8.79. The summed E-state index contributed by atoms with van der Waals surface area (Å²) in [6.45, 7) is 0.493. The quantitative estimate of drug-likeness (QED) is 0.334. The predicted octanol–water partition coefficient (Wildman–Crippen LogP) is 3.30. The van der Waals surface area contributed by atoms with Gasteiger partial charge in [-0.15, -0.1) is 0 Å². The Labute approximate surface area is 193 Å². The van der Waals surface area contributed by atoms with Gasteiger partial charge in [-0.25, -0.2) is 4.79 Å². The maximum atomic E-state index is 13.0. The van der Waals surface area contributed by atoms with Gasteiger partial charge in [-0.05, 0) is 36.4 Å². The molecule has 2 heterocycles. The van der Waals surface area contributed by atoms with Crippen LogP contribution in [0.15, 0.2) is 54.6 Å². The Kier molecular flexibility index (Phi) is 5.15. The molecule has 0 atom stereocenters. The highest BCUT2D eigenvalue weighted by Crippen LogP contribution is 2.57. The topological polar surface area (TPSA) is 131 Å². The summed E-state index contributed by atoms with van der Waals surface area (Å²) < 4.78 is 11.9. The number of anilines is 1. The Morgan fingerprint density at radius 2 is 1.61 bits per heavy atom. The molecule has 0 fully saturated rings. The molecule has 1 amide bonds. The van der Waals surface area contributed by atoms with Gasteiger partial charge in [0, 0.05) is 46.8 Å². The molecule has 3 aromatic rings. The Hall–Kier alpha value is -3.69. The smallest absolute Gasteiger partial charge is 0.340 e. The largest absolute Gasteiger partial charge is 0.508 e. The lowest BCUT2D eigenvalue weighted by molar-refractivity contribution is -0.113. The number of phenols is 2. The number of amides is 1. The first-order valence-electron chi connectivity index (χ1n) is 10.2. The number of nitrogens with two attached hydrogens (primary N) is 1. The maximum absolute atomic E-state index is 13.0. The van der Waals surface area contributed by atoms with E-state index < -0.39 is 11.6 Å². The van der Waals surface area contributed by atoms with Gasteiger partial charge in [-0.1, -0.05) is 6.07 Å². The number of fused-ring (bicyclic) bond motifs is 6. The van der Waals surface area contributed by atoms with Gasteiger partial charge in [0.1, 0.15) is 23.0 Å². The number of thioether (sulfide) groups is 1. The van der Waals surface area contributed by atoms with E-state index in [1.165, 1.54) is 36.0 Å². The van der Waals surface area contributed by atoms with Crippen molar-refractivity contribution in [1.82, 2.24) is 0 Å². The van der Waals surface area contributed by atoms with Crippen LogP contribution in [0, 0.1) is 0 Å². The van der Waals surface area contributed by atoms with E-state index >= 15 is 0 Å². The Balaban J connectivity index is 1.61. The van der Waals surface area contributed by atoms with E-state index in [4.69, 9.17) is 15.2 Å². The van der Waals surface area contributed by atoms with Crippen molar-refractivity contribution < 1.29 is 29.3 Å². The van der Waals surface area contributed by atoms with Crippen LogP contribution < -0.4 is 15.8 Å². The van der Waals surface area contributed by atoms with Gasteiger partial charge in [-0.3, -0.25) is 4.79 Å². The maximum Gasteiger partial charge on any atom is 0.340 e. The van der Waals surface area contributed by atoms with E-state index in [9.17, 15) is 19.8 Å². The van der Waals surface area contributed by atoms with Crippen LogP contribution in [0.1, 0.15) is 27.0 Å². The zero-order chi connectivity index (χ0) is 23.2. The van der Waals surface area contributed by atoms with Crippen molar-refractivity contribution in [2.24, 2.45) is 5.73 Å². The third-order valence-electron chi connectivity index (χ3n) is 5.55. The summed E-state index contributed by atoms with van der Waals surface area (Å²) in [6, 6.07) is 14.2. The van der Waals surface area contributed by atoms with Crippen molar-refractivity contribution >= 4 is 29.3 Å². The van der Waals surface area contributed by atoms with E-state index in [0.717, 1.165) is 0 Å². The van der Waals surface area contributed by atoms with Crippen molar-refractivity contribution in [3.05, 3.63) is 76.9 Å². The minimum atomic E-state index is -1.32. The molecule has 33 heavy (non-hydrogen) atoms. The number of hydrogen-bond donors (Lipinski definition) is 4. The van der Waals surface area contributed by atoms with Gasteiger partial charge < -0.3 is 30.7 Å². The van der Waals surface area contributed by atoms with E-state index in [1.54, 1.807) is 30.3 Å². The highest BCUT2D eigenvalue weighted by molar-refractivity contribution is 7.99. The minimum Gasteiger partial charge on any atom is -0.508 e. The minimum absolute atomic E-state index is 0.0115. The number of phenolic OH excluding ortho intramolecular Hbond substituents is 2. The van der Waals surface area contributed by atoms with Crippen molar-refractivity contribution in [1.29, 1.82) is 0 Å². The highest BCUT2D eigenvalue weighted by Gasteiger charge is 2.53. The first-order chi connectivity index (χ1) is 15.9. The molecule has 168 valence electrons. The Morgan fingerprint density at radius 1 is 0.970 bits per heavy atom. The number of nitrogens with one attached hydrogen (secondary N) is 1. The molecule has 0 aromatic heterocycles. The normalized spacial score (nSPS) is 14.6. The SMILES string of the molecule is NCCSCC(=O)Nc1ccc2c(c1)C(=O)OC21c2ccc(O)cc2Oc2cc(O)ccc21. The van der Waals surface area contributed by atoms with E-state index in [1.807, 2.05) is 0 Å². The molecule has 9 heteroatoms. The molecule has 2 aliphatic heterocycles. The van der Waals surface area contributed by atoms with Crippen LogP contribution in [0.2, 0.25) is 0 Å². The summed E-state index contributed by atoms with van der Waals surface area (Å²) in [6.07, 6.45) is 0. The number of aromatic hydroxyl groups is 2. The zero-order valence-corrected chi connectivity index (χ0v) is 18.1. The average Bonchev–Trinajstić information content (AvgIpc) is 3.06. The lowest BCUT2D eigenvalue weighted by Crippen LogP contribution is -2.32. The number of esters is 1. The number of hydrogen-bond acceptors (Lipinski definition) is 8. The molecular formula is C24H20N2O6S. The van der Waals surface area contributed by atoms with Gasteiger partial charge in [0.15, 0.2) is 5.60 Å². The lowest BCUT2D eigenvalue weighted by atomic mass is 9.77. The fraction of sp³-hybridized carbons (Fsp3) is 0.167. The fourth-order valence-corrected chi connectivity index (χ4v) is 4.80. The zero-order valence-electron chi connectivity index (χ0n) is 17.3. The second kappa shape index (κ2) is 8.02. The first-order valence-corrected chi connectivity index (χ1v) is 11.4. The monoisotopic (exact) mass is 464 g/mol. The third kappa shape index (κ3) is 3.46. The summed E-state index contributed by atoms with van der Waals surface area (Å²) >= 11 is 1.43. The summed E-state index contributed by atoms with van der Waals surface area (Å²) in [4.78, 5) is 25.3. The molecule has 0 radical (unpaired) electrons. The second-order valence-electron chi connectivity index (χ2n) is 7.68. The van der Waals surface area contributed by atoms with Gasteiger partial charge in [0.05, 0.1) is 11.3 Å². The summed E-state index contributed by atoms with van der Waals surface area (Å²) in [5, 5.41) is 22.8. The molecule has 5 N–H and O–H groups in total. The van der Waals surface area contributed by atoms with E-state index in [-0.39, 0.29) is 23.2 Å². The third-order valence-corrected chi connectivity index (χ3v) is 6.54. The number of carbonyl (C=O) groups is 2. The van der Waals surface area contributed by atoms with Crippen LogP contribution in [-0.2, 0) is 15.1 Å². The van der Waals surface area contributed by atoms with Crippen LogP contribution in [0.5, 0.6) is 23.0 Å². The van der Waals surface area contributed by atoms with Crippen molar-refractivity contribution in [3.8, 4) is 23.0 Å². The molecule has 0 saturated heterocycles. The number of carbonyl (C=O) groups excluding carboxylic acids is 2. The lowest BCUT2D eigenvalue weighted by Gasteiger charge is -2.36. The van der Waals surface area contributed by atoms with Crippen LogP contribution in [0.25, 0.3) is 0 Å². The average molecular weight is 464 g/mol. The van der Waals surface area contributed by atoms with Crippen LogP contribution in [0.4, 0.5) is 5.69 Å². The summed E-state index contributed by atoms with van der Waals surface area (Å²) in [7, 11) is 0. The fourth-order valence-electron chi connectivity index (χ4n) is 4.23. The molecule has 1 spiro atoms. The number of rotatable bonds is 5. The molecule has 0 saturated carbocycles. The van der Waals surface area contributed by atoms with Crippen LogP contribution >= 0.6 is 11.8 Å². The molecule has 5 rings (SSSR count).